The van der Waals surface area contributed by atoms with Gasteiger partial charge in [0, 0.05) is 5.56 Å². The number of nitrogens with zero attached hydrogens (tertiary/aromatic N) is 4. The fourth-order valence-electron chi connectivity index (χ4n) is 2.87. The molecule has 40 heavy (non-hydrogen) atoms. The number of nitrogens with two attached hydrogens (primary N) is 2. The Morgan fingerprint density at radius 1 is 0.775 bits per heavy atom. The molecule has 0 radical (unpaired) electrons. The molecule has 6 N–H and O–H groups in total. The average Bonchev–Trinajstić information content (AvgIpc) is 2.95. The maximum atomic E-state index is 11.5. The van der Waals surface area contributed by atoms with Crippen LogP contribution in [0.15, 0.2) is 65.5 Å². The number of aryl methyl sites for hydroxylation is 2. The van der Waals surface area contributed by atoms with Gasteiger partial charge in [-0.05, 0) is 35.2 Å². The largest absolute Gasteiger partial charge is 0.488 e. The molecule has 0 aliphatic rings. The minimum atomic E-state index is -1.35. The Morgan fingerprint density at radius 2 is 1.23 bits per heavy atom. The van der Waals surface area contributed by atoms with Gasteiger partial charge in [0.05, 0.1) is 32.3 Å². The highest BCUT2D eigenvalue weighted by Gasteiger charge is 2.15. The molecule has 0 amide bonds. The monoisotopic (exact) mass is 610 g/mol. The summed E-state index contributed by atoms with van der Waals surface area (Å²) in [5.74, 6) is -1.06. The molecular weight excluding hydrogens is 583 g/mol. The molecule has 0 atom stereocenters. The SMILES string of the molecule is COC(=O)c1nc(-c2ccc(C)cc2)cnc1N.COC(=O)c1nc(Br)cnc1N.Cc1ccc(B(O)O)cc1. The van der Waals surface area contributed by atoms with E-state index in [4.69, 9.17) is 21.5 Å². The van der Waals surface area contributed by atoms with Crippen molar-refractivity contribution in [3.8, 4) is 11.3 Å². The molecule has 0 aliphatic heterocycles. The predicted octanol–water partition coefficient (Wildman–Crippen LogP) is 2.10. The van der Waals surface area contributed by atoms with Gasteiger partial charge in [-0.1, -0.05) is 59.7 Å². The lowest BCUT2D eigenvalue weighted by Gasteiger charge is -2.05. The molecule has 0 saturated carbocycles. The van der Waals surface area contributed by atoms with Crippen molar-refractivity contribution in [2.75, 3.05) is 25.7 Å². The van der Waals surface area contributed by atoms with E-state index in [1.54, 1.807) is 12.1 Å². The van der Waals surface area contributed by atoms with Crippen molar-refractivity contribution in [1.82, 2.24) is 19.9 Å². The summed E-state index contributed by atoms with van der Waals surface area (Å²) in [6.45, 7) is 3.95. The minimum absolute atomic E-state index is 0.0203. The Balaban J connectivity index is 0.000000222. The number of anilines is 2. The van der Waals surface area contributed by atoms with Gasteiger partial charge in [0.25, 0.3) is 0 Å². The second-order valence-electron chi connectivity index (χ2n) is 8.05. The molecule has 14 heteroatoms. The summed E-state index contributed by atoms with van der Waals surface area (Å²) in [7, 11) is 1.19. The summed E-state index contributed by atoms with van der Waals surface area (Å²) in [4.78, 5) is 38.1. The van der Waals surface area contributed by atoms with E-state index >= 15 is 0 Å². The van der Waals surface area contributed by atoms with Crippen LogP contribution in [0.5, 0.6) is 0 Å². The first-order valence-corrected chi connectivity index (χ1v) is 12.3. The number of esters is 2. The number of carbonyl (C=O) groups excluding carboxylic acids is 2. The van der Waals surface area contributed by atoms with Gasteiger partial charge in [-0.15, -0.1) is 0 Å². The van der Waals surface area contributed by atoms with Crippen molar-refractivity contribution in [1.29, 1.82) is 0 Å². The highest BCUT2D eigenvalue weighted by atomic mass is 79.9. The Hall–Kier alpha value is -4.40. The number of hydrogen-bond donors (Lipinski definition) is 4. The van der Waals surface area contributed by atoms with Crippen LogP contribution < -0.4 is 16.9 Å². The van der Waals surface area contributed by atoms with Crippen LogP contribution in [0.3, 0.4) is 0 Å². The molecule has 4 rings (SSSR count). The number of aromatic nitrogens is 4. The van der Waals surface area contributed by atoms with Crippen LogP contribution >= 0.6 is 15.9 Å². The Kier molecular flexibility index (Phi) is 12.1. The maximum absolute atomic E-state index is 11.5. The quantitative estimate of drug-likeness (QED) is 0.194. The second kappa shape index (κ2) is 15.3. The van der Waals surface area contributed by atoms with Gasteiger partial charge in [-0.2, -0.15) is 0 Å². The predicted molar refractivity (Wildman–Crippen MR) is 154 cm³/mol. The van der Waals surface area contributed by atoms with Crippen molar-refractivity contribution in [3.05, 3.63) is 88.0 Å². The second-order valence-corrected chi connectivity index (χ2v) is 8.86. The standard InChI is InChI=1S/C13H13N3O2.C7H9BO2.C6H6BrN3O2/c1-8-3-5-9(6-4-8)10-7-15-12(14)11(16-10)13(17)18-2;1-6-2-4-7(5-3-6)8(9)10;1-12-6(11)4-5(8)9-2-3(7)10-4/h3-7H,1-2H3,(H2,14,15);2-5,9-10H,1H3;2H,1H3,(H2,8,9). The highest BCUT2D eigenvalue weighted by molar-refractivity contribution is 9.10. The van der Waals surface area contributed by atoms with Crippen LogP contribution in [0.1, 0.15) is 32.1 Å². The van der Waals surface area contributed by atoms with Gasteiger partial charge in [-0.25, -0.2) is 29.5 Å². The third kappa shape index (κ3) is 9.41. The summed E-state index contributed by atoms with van der Waals surface area (Å²) in [5, 5.41) is 17.3. The maximum Gasteiger partial charge on any atom is 0.488 e. The summed E-state index contributed by atoms with van der Waals surface area (Å²) >= 11 is 3.06. The summed E-state index contributed by atoms with van der Waals surface area (Å²) in [5.41, 5.74) is 15.3. The van der Waals surface area contributed by atoms with E-state index in [0.29, 0.717) is 15.8 Å². The Bertz CT molecular complexity index is 1440. The molecule has 0 aliphatic carbocycles. The first-order valence-electron chi connectivity index (χ1n) is 11.5. The van der Waals surface area contributed by atoms with E-state index in [2.05, 4.69) is 45.3 Å². The fraction of sp³-hybridized carbons (Fsp3) is 0.154. The summed E-state index contributed by atoms with van der Waals surface area (Å²) in [6.07, 6.45) is 2.94. The normalized spacial score (nSPS) is 9.78. The van der Waals surface area contributed by atoms with E-state index in [9.17, 15) is 9.59 Å². The van der Waals surface area contributed by atoms with Crippen molar-refractivity contribution >= 4 is 52.1 Å². The van der Waals surface area contributed by atoms with Gasteiger partial charge >= 0.3 is 19.1 Å². The molecule has 2 aromatic carbocycles. The number of benzene rings is 2. The fourth-order valence-corrected chi connectivity index (χ4v) is 3.15. The first kappa shape index (κ1) is 31.8. The third-order valence-electron chi connectivity index (χ3n) is 5.05. The molecule has 0 bridgehead atoms. The van der Waals surface area contributed by atoms with Gasteiger partial charge in [0.2, 0.25) is 0 Å². The molecule has 2 heterocycles. The Morgan fingerprint density at radius 3 is 1.70 bits per heavy atom. The van der Waals surface area contributed by atoms with Crippen LogP contribution in [-0.2, 0) is 9.47 Å². The van der Waals surface area contributed by atoms with Gasteiger partial charge in [-0.3, -0.25) is 0 Å². The third-order valence-corrected chi connectivity index (χ3v) is 5.43. The first-order chi connectivity index (χ1) is 19.0. The van der Waals surface area contributed by atoms with Crippen molar-refractivity contribution < 1.29 is 29.1 Å². The van der Waals surface area contributed by atoms with Crippen molar-refractivity contribution in [3.63, 3.8) is 0 Å². The van der Waals surface area contributed by atoms with Gasteiger partial charge < -0.3 is 31.0 Å². The average molecular weight is 611 g/mol. The molecule has 0 spiro atoms. The lowest BCUT2D eigenvalue weighted by molar-refractivity contribution is 0.0586. The number of rotatable bonds is 4. The smallest absolute Gasteiger partial charge is 0.464 e. The summed E-state index contributed by atoms with van der Waals surface area (Å²) in [6, 6.07) is 14.8. The van der Waals surface area contributed by atoms with Gasteiger partial charge in [0.1, 0.15) is 4.60 Å². The highest BCUT2D eigenvalue weighted by Crippen LogP contribution is 2.19. The zero-order valence-corrected chi connectivity index (χ0v) is 23.8. The van der Waals surface area contributed by atoms with E-state index in [0.717, 1.165) is 16.7 Å². The number of halogens is 1. The van der Waals surface area contributed by atoms with Crippen LogP contribution in [0.25, 0.3) is 11.3 Å². The van der Waals surface area contributed by atoms with Crippen LogP contribution in [-0.4, -0.2) is 63.3 Å². The zero-order chi connectivity index (χ0) is 29.8. The number of hydrogen-bond acceptors (Lipinski definition) is 12. The number of methoxy groups -OCH3 is 2. The van der Waals surface area contributed by atoms with E-state index < -0.39 is 19.1 Å². The number of carbonyl (C=O) groups is 2. The van der Waals surface area contributed by atoms with Crippen LogP contribution in [0.2, 0.25) is 0 Å². The van der Waals surface area contributed by atoms with E-state index in [1.807, 2.05) is 50.2 Å². The van der Waals surface area contributed by atoms with Crippen LogP contribution in [0, 0.1) is 13.8 Å². The molecule has 208 valence electrons. The van der Waals surface area contributed by atoms with Crippen molar-refractivity contribution in [2.45, 2.75) is 13.8 Å². The molecule has 0 fully saturated rings. The minimum Gasteiger partial charge on any atom is -0.464 e. The molecular formula is C26H28BBrN6O6. The zero-order valence-electron chi connectivity index (χ0n) is 22.2. The molecule has 0 unspecified atom stereocenters. The van der Waals surface area contributed by atoms with E-state index in [1.165, 1.54) is 26.6 Å². The van der Waals surface area contributed by atoms with Gasteiger partial charge in [0.15, 0.2) is 23.0 Å². The molecule has 2 aromatic heterocycles. The van der Waals surface area contributed by atoms with Crippen LogP contribution in [0.4, 0.5) is 11.6 Å². The number of ether oxygens (including phenoxy) is 2. The molecule has 0 saturated heterocycles. The lowest BCUT2D eigenvalue weighted by Crippen LogP contribution is -2.29. The number of nitrogen functional groups attached to an aromatic ring is 2. The topological polar surface area (TPSA) is 197 Å². The lowest BCUT2D eigenvalue weighted by atomic mass is 9.80. The van der Waals surface area contributed by atoms with E-state index in [-0.39, 0.29) is 23.0 Å². The summed E-state index contributed by atoms with van der Waals surface area (Å²) < 4.78 is 9.48. The molecule has 4 aromatic rings. The Labute approximate surface area is 239 Å². The molecule has 12 nitrogen and oxygen atoms in total. The van der Waals surface area contributed by atoms with Crippen molar-refractivity contribution in [2.24, 2.45) is 0 Å².